The average Bonchev–Trinajstić information content (AvgIpc) is 2.16. The van der Waals surface area contributed by atoms with E-state index in [1.807, 2.05) is 0 Å². The monoisotopic (exact) mass is 180 g/mol. The molecule has 1 heterocycles. The first-order chi connectivity index (χ1) is 6.16. The molecule has 1 aromatic heterocycles. The molecule has 0 unspecified atom stereocenters. The van der Waals surface area contributed by atoms with Crippen LogP contribution in [-0.4, -0.2) is 30.1 Å². The number of pyridine rings is 1. The maximum absolute atomic E-state index is 11.6. The van der Waals surface area contributed by atoms with E-state index in [0.29, 0.717) is 11.3 Å². The number of aryl methyl sites for hydroxylation is 1. The molecule has 1 rings (SSSR count). The summed E-state index contributed by atoms with van der Waals surface area (Å²) in [5, 5.41) is 1.17. The lowest BCUT2D eigenvalue weighted by Crippen LogP contribution is -2.26. The molecule has 0 saturated carbocycles. The minimum atomic E-state index is -0.187. The van der Waals surface area contributed by atoms with Gasteiger partial charge in [-0.15, -0.1) is 0 Å². The number of carbonyl (C=O) groups is 1. The lowest BCUT2D eigenvalue weighted by Gasteiger charge is -2.14. The third-order valence-corrected chi connectivity index (χ3v) is 1.80. The van der Waals surface area contributed by atoms with Crippen LogP contribution >= 0.6 is 0 Å². The maximum atomic E-state index is 11.6. The molecule has 4 nitrogen and oxygen atoms in total. The van der Waals surface area contributed by atoms with Crippen LogP contribution < -0.4 is 0 Å². The second kappa shape index (κ2) is 4.00. The zero-order valence-corrected chi connectivity index (χ0v) is 7.94. The van der Waals surface area contributed by atoms with Crippen LogP contribution in [0, 0.1) is 6.92 Å². The number of hydrogen-bond donors (Lipinski definition) is 0. The van der Waals surface area contributed by atoms with E-state index < -0.39 is 0 Å². The van der Waals surface area contributed by atoms with E-state index in [4.69, 9.17) is 4.84 Å². The molecule has 1 aromatic rings. The first-order valence-electron chi connectivity index (χ1n) is 3.90. The SMILES string of the molecule is CON(C)C(=O)c1cccnc1C. The van der Waals surface area contributed by atoms with Gasteiger partial charge < -0.3 is 0 Å². The van der Waals surface area contributed by atoms with Crippen LogP contribution in [0.3, 0.4) is 0 Å². The zero-order chi connectivity index (χ0) is 9.84. The highest BCUT2D eigenvalue weighted by Crippen LogP contribution is 2.06. The van der Waals surface area contributed by atoms with Crippen molar-refractivity contribution in [2.75, 3.05) is 14.2 Å². The summed E-state index contributed by atoms with van der Waals surface area (Å²) in [6.07, 6.45) is 1.65. The highest BCUT2D eigenvalue weighted by Gasteiger charge is 2.13. The summed E-state index contributed by atoms with van der Waals surface area (Å²) < 4.78 is 0. The minimum Gasteiger partial charge on any atom is -0.274 e. The molecule has 0 radical (unpaired) electrons. The van der Waals surface area contributed by atoms with Crippen LogP contribution in [0.4, 0.5) is 0 Å². The van der Waals surface area contributed by atoms with Crippen molar-refractivity contribution in [1.82, 2.24) is 10.0 Å². The second-order valence-corrected chi connectivity index (χ2v) is 2.62. The van der Waals surface area contributed by atoms with Crippen LogP contribution in [-0.2, 0) is 4.84 Å². The minimum absolute atomic E-state index is 0.187. The quantitative estimate of drug-likeness (QED) is 0.638. The lowest BCUT2D eigenvalue weighted by molar-refractivity contribution is -0.0757. The summed E-state index contributed by atoms with van der Waals surface area (Å²) in [6.45, 7) is 1.79. The van der Waals surface area contributed by atoms with Crippen molar-refractivity contribution in [2.45, 2.75) is 6.92 Å². The van der Waals surface area contributed by atoms with Crippen LogP contribution in [0.2, 0.25) is 0 Å². The van der Waals surface area contributed by atoms with Crippen LogP contribution in [0.15, 0.2) is 18.3 Å². The molecule has 0 atom stereocenters. The van der Waals surface area contributed by atoms with Gasteiger partial charge in [0.2, 0.25) is 0 Å². The topological polar surface area (TPSA) is 42.4 Å². The van der Waals surface area contributed by atoms with Gasteiger partial charge in [-0.2, -0.15) is 0 Å². The van der Waals surface area contributed by atoms with Crippen molar-refractivity contribution in [3.63, 3.8) is 0 Å². The molecule has 4 heteroatoms. The number of nitrogens with zero attached hydrogens (tertiary/aromatic N) is 2. The van der Waals surface area contributed by atoms with Crippen LogP contribution in [0.5, 0.6) is 0 Å². The van der Waals surface area contributed by atoms with E-state index in [9.17, 15) is 4.79 Å². The third-order valence-electron chi connectivity index (χ3n) is 1.80. The number of aromatic nitrogens is 1. The van der Waals surface area contributed by atoms with Gasteiger partial charge in [-0.3, -0.25) is 14.6 Å². The molecule has 0 aliphatic rings. The van der Waals surface area contributed by atoms with Gasteiger partial charge in [0, 0.05) is 13.2 Å². The largest absolute Gasteiger partial charge is 0.278 e. The van der Waals surface area contributed by atoms with Gasteiger partial charge in [-0.25, -0.2) is 5.06 Å². The summed E-state index contributed by atoms with van der Waals surface area (Å²) in [5.41, 5.74) is 1.27. The summed E-state index contributed by atoms with van der Waals surface area (Å²) in [6, 6.07) is 3.45. The van der Waals surface area contributed by atoms with Gasteiger partial charge in [0.05, 0.1) is 18.4 Å². The fraction of sp³-hybridized carbons (Fsp3) is 0.333. The van der Waals surface area contributed by atoms with Crippen molar-refractivity contribution >= 4 is 5.91 Å². The molecule has 0 aromatic carbocycles. The van der Waals surface area contributed by atoms with Crippen LogP contribution in [0.25, 0.3) is 0 Å². The molecule has 13 heavy (non-hydrogen) atoms. The van der Waals surface area contributed by atoms with Gasteiger partial charge in [-0.05, 0) is 19.1 Å². The number of hydrogen-bond acceptors (Lipinski definition) is 3. The van der Waals surface area contributed by atoms with Gasteiger partial charge in [0.1, 0.15) is 0 Å². The number of amides is 1. The van der Waals surface area contributed by atoms with E-state index in [0.717, 1.165) is 0 Å². The Labute approximate surface area is 77.1 Å². The molecule has 0 bridgehead atoms. The first-order valence-corrected chi connectivity index (χ1v) is 3.90. The molecule has 0 N–H and O–H groups in total. The Morgan fingerprint density at radius 2 is 2.31 bits per heavy atom. The fourth-order valence-electron chi connectivity index (χ4n) is 0.963. The van der Waals surface area contributed by atoms with Crippen molar-refractivity contribution < 1.29 is 9.63 Å². The summed E-state index contributed by atoms with van der Waals surface area (Å²) in [7, 11) is 3.01. The molecular formula is C9H12N2O2. The Morgan fingerprint density at radius 3 is 2.85 bits per heavy atom. The molecule has 70 valence electrons. The molecule has 0 aliphatic heterocycles. The third kappa shape index (κ3) is 2.03. The molecule has 0 aliphatic carbocycles. The normalized spacial score (nSPS) is 9.77. The number of carbonyl (C=O) groups excluding carboxylic acids is 1. The van der Waals surface area contributed by atoms with E-state index in [2.05, 4.69) is 4.98 Å². The Kier molecular flexibility index (Phi) is 2.97. The molecule has 0 fully saturated rings. The molecule has 0 saturated heterocycles. The predicted molar refractivity (Wildman–Crippen MR) is 48.1 cm³/mol. The fourth-order valence-corrected chi connectivity index (χ4v) is 0.963. The maximum Gasteiger partial charge on any atom is 0.278 e. The highest BCUT2D eigenvalue weighted by molar-refractivity contribution is 5.94. The molecule has 0 spiro atoms. The van der Waals surface area contributed by atoms with Crippen molar-refractivity contribution in [3.05, 3.63) is 29.6 Å². The van der Waals surface area contributed by atoms with E-state index in [1.165, 1.54) is 12.2 Å². The van der Waals surface area contributed by atoms with E-state index in [1.54, 1.807) is 32.3 Å². The second-order valence-electron chi connectivity index (χ2n) is 2.62. The lowest BCUT2D eigenvalue weighted by atomic mass is 10.2. The Balaban J connectivity index is 2.95. The van der Waals surface area contributed by atoms with Crippen molar-refractivity contribution in [1.29, 1.82) is 0 Å². The highest BCUT2D eigenvalue weighted by atomic mass is 16.7. The number of rotatable bonds is 2. The first kappa shape index (κ1) is 9.67. The Hall–Kier alpha value is -1.42. The van der Waals surface area contributed by atoms with Gasteiger partial charge >= 0.3 is 0 Å². The summed E-state index contributed by atoms with van der Waals surface area (Å²) >= 11 is 0. The van der Waals surface area contributed by atoms with Gasteiger partial charge in [-0.1, -0.05) is 0 Å². The Bertz CT molecular complexity index is 312. The summed E-state index contributed by atoms with van der Waals surface area (Å²) in [4.78, 5) is 20.3. The summed E-state index contributed by atoms with van der Waals surface area (Å²) in [5.74, 6) is -0.187. The van der Waals surface area contributed by atoms with E-state index in [-0.39, 0.29) is 5.91 Å². The Morgan fingerprint density at radius 1 is 1.62 bits per heavy atom. The molecule has 1 amide bonds. The predicted octanol–water partition coefficient (Wildman–Crippen LogP) is 1.02. The standard InChI is InChI=1S/C9H12N2O2/c1-7-8(5-4-6-10-7)9(12)11(2)13-3/h4-6H,1-3H3. The van der Waals surface area contributed by atoms with E-state index >= 15 is 0 Å². The zero-order valence-electron chi connectivity index (χ0n) is 7.94. The smallest absolute Gasteiger partial charge is 0.274 e. The average molecular weight is 180 g/mol. The van der Waals surface area contributed by atoms with Crippen molar-refractivity contribution in [2.24, 2.45) is 0 Å². The van der Waals surface area contributed by atoms with Gasteiger partial charge in [0.15, 0.2) is 0 Å². The molecular weight excluding hydrogens is 168 g/mol. The van der Waals surface area contributed by atoms with Gasteiger partial charge in [0.25, 0.3) is 5.91 Å². The van der Waals surface area contributed by atoms with Crippen molar-refractivity contribution in [3.8, 4) is 0 Å². The van der Waals surface area contributed by atoms with Crippen LogP contribution in [0.1, 0.15) is 16.1 Å². The number of hydroxylamine groups is 2.